The van der Waals surface area contributed by atoms with Gasteiger partial charge in [-0.05, 0) is 33.1 Å². The van der Waals surface area contributed by atoms with E-state index in [4.69, 9.17) is 0 Å². The van der Waals surface area contributed by atoms with Crippen LogP contribution < -0.4 is 5.32 Å². The minimum Gasteiger partial charge on any atom is -0.306 e. The maximum absolute atomic E-state index is 4.39. The first kappa shape index (κ1) is 13.1. The van der Waals surface area contributed by atoms with E-state index in [-0.39, 0.29) is 6.04 Å². The van der Waals surface area contributed by atoms with Crippen LogP contribution in [0.2, 0.25) is 0 Å². The molecule has 0 amide bonds. The Bertz CT molecular complexity index is 323. The smallest absolute Gasteiger partial charge is 0.0782 e. The largest absolute Gasteiger partial charge is 0.306 e. The summed E-state index contributed by atoms with van der Waals surface area (Å²) >= 11 is 0. The SMILES string of the molecule is Cc1nccnc1C(C)NC(C)CC(C)C. The summed E-state index contributed by atoms with van der Waals surface area (Å²) in [6.45, 7) is 10.9. The van der Waals surface area contributed by atoms with Gasteiger partial charge in [-0.3, -0.25) is 9.97 Å². The second-order valence-corrected chi connectivity index (χ2v) is 4.95. The zero-order valence-electron chi connectivity index (χ0n) is 11.0. The third-order valence-electron chi connectivity index (χ3n) is 2.69. The van der Waals surface area contributed by atoms with Gasteiger partial charge in [-0.15, -0.1) is 0 Å². The van der Waals surface area contributed by atoms with Crippen LogP contribution in [-0.2, 0) is 0 Å². The van der Waals surface area contributed by atoms with Crippen molar-refractivity contribution in [2.45, 2.75) is 53.1 Å². The van der Waals surface area contributed by atoms with E-state index in [9.17, 15) is 0 Å². The van der Waals surface area contributed by atoms with Crippen molar-refractivity contribution >= 4 is 0 Å². The number of hydrogen-bond donors (Lipinski definition) is 1. The molecule has 0 spiro atoms. The van der Waals surface area contributed by atoms with Gasteiger partial charge in [0.15, 0.2) is 0 Å². The fraction of sp³-hybridized carbons (Fsp3) is 0.692. The summed E-state index contributed by atoms with van der Waals surface area (Å²) in [5, 5.41) is 3.57. The molecule has 1 N–H and O–H groups in total. The lowest BCUT2D eigenvalue weighted by Crippen LogP contribution is -2.31. The molecule has 1 aromatic rings. The predicted molar refractivity (Wildman–Crippen MR) is 67.2 cm³/mol. The van der Waals surface area contributed by atoms with Crippen LogP contribution >= 0.6 is 0 Å². The normalized spacial score (nSPS) is 15.1. The lowest BCUT2D eigenvalue weighted by Gasteiger charge is -2.21. The quantitative estimate of drug-likeness (QED) is 0.830. The third kappa shape index (κ3) is 3.89. The molecule has 1 aromatic heterocycles. The Kier molecular flexibility index (Phi) is 4.87. The minimum absolute atomic E-state index is 0.266. The van der Waals surface area contributed by atoms with Crippen molar-refractivity contribution in [3.05, 3.63) is 23.8 Å². The van der Waals surface area contributed by atoms with Crippen LogP contribution in [-0.4, -0.2) is 16.0 Å². The van der Waals surface area contributed by atoms with Gasteiger partial charge in [0.2, 0.25) is 0 Å². The van der Waals surface area contributed by atoms with Gasteiger partial charge in [-0.2, -0.15) is 0 Å². The van der Waals surface area contributed by atoms with Gasteiger partial charge in [-0.1, -0.05) is 13.8 Å². The van der Waals surface area contributed by atoms with Gasteiger partial charge in [0.1, 0.15) is 0 Å². The predicted octanol–water partition coefficient (Wildman–Crippen LogP) is 2.87. The van der Waals surface area contributed by atoms with Crippen LogP contribution in [0, 0.1) is 12.8 Å². The van der Waals surface area contributed by atoms with E-state index < -0.39 is 0 Å². The van der Waals surface area contributed by atoms with Crippen LogP contribution in [0.5, 0.6) is 0 Å². The summed E-state index contributed by atoms with van der Waals surface area (Å²) in [4.78, 5) is 8.65. The molecular formula is C13H23N3. The molecule has 1 rings (SSSR count). The highest BCUT2D eigenvalue weighted by atomic mass is 15.0. The molecule has 2 unspecified atom stereocenters. The number of aryl methyl sites for hydroxylation is 1. The van der Waals surface area contributed by atoms with E-state index in [1.54, 1.807) is 12.4 Å². The van der Waals surface area contributed by atoms with Crippen LogP contribution in [0.4, 0.5) is 0 Å². The van der Waals surface area contributed by atoms with E-state index in [0.29, 0.717) is 6.04 Å². The van der Waals surface area contributed by atoms with E-state index in [2.05, 4.69) is 43.0 Å². The Morgan fingerprint density at radius 3 is 2.31 bits per heavy atom. The van der Waals surface area contributed by atoms with E-state index in [1.807, 2.05) is 6.92 Å². The van der Waals surface area contributed by atoms with Crippen molar-refractivity contribution in [1.82, 2.24) is 15.3 Å². The molecule has 0 saturated carbocycles. The van der Waals surface area contributed by atoms with Gasteiger partial charge < -0.3 is 5.32 Å². The van der Waals surface area contributed by atoms with Crippen molar-refractivity contribution in [2.24, 2.45) is 5.92 Å². The monoisotopic (exact) mass is 221 g/mol. The van der Waals surface area contributed by atoms with Crippen LogP contribution in [0.15, 0.2) is 12.4 Å². The fourth-order valence-corrected chi connectivity index (χ4v) is 2.12. The molecule has 0 aromatic carbocycles. The van der Waals surface area contributed by atoms with Gasteiger partial charge in [0, 0.05) is 24.5 Å². The fourth-order valence-electron chi connectivity index (χ4n) is 2.12. The maximum Gasteiger partial charge on any atom is 0.0782 e. The zero-order chi connectivity index (χ0) is 12.1. The van der Waals surface area contributed by atoms with E-state index >= 15 is 0 Å². The molecule has 0 aliphatic rings. The standard InChI is InChI=1S/C13H23N3/c1-9(2)8-10(3)16-12(5)13-11(4)14-6-7-15-13/h6-7,9-10,12,16H,8H2,1-5H3. The second kappa shape index (κ2) is 5.94. The van der Waals surface area contributed by atoms with E-state index in [0.717, 1.165) is 17.3 Å². The lowest BCUT2D eigenvalue weighted by atomic mass is 10.0. The van der Waals surface area contributed by atoms with Crippen molar-refractivity contribution in [1.29, 1.82) is 0 Å². The molecule has 3 nitrogen and oxygen atoms in total. The molecule has 2 atom stereocenters. The second-order valence-electron chi connectivity index (χ2n) is 4.95. The van der Waals surface area contributed by atoms with Gasteiger partial charge in [0.05, 0.1) is 11.4 Å². The highest BCUT2D eigenvalue weighted by Crippen LogP contribution is 2.14. The van der Waals surface area contributed by atoms with Crippen molar-refractivity contribution in [3.8, 4) is 0 Å². The Balaban J connectivity index is 2.58. The highest BCUT2D eigenvalue weighted by molar-refractivity contribution is 5.12. The summed E-state index contributed by atoms with van der Waals surface area (Å²) in [5.41, 5.74) is 2.07. The summed E-state index contributed by atoms with van der Waals surface area (Å²) < 4.78 is 0. The van der Waals surface area contributed by atoms with Crippen LogP contribution in [0.25, 0.3) is 0 Å². The number of nitrogens with zero attached hydrogens (tertiary/aromatic N) is 2. The summed E-state index contributed by atoms with van der Waals surface area (Å²) in [5.74, 6) is 0.720. The molecule has 0 radical (unpaired) electrons. The number of aromatic nitrogens is 2. The number of hydrogen-bond acceptors (Lipinski definition) is 3. The Morgan fingerprint density at radius 2 is 1.75 bits per heavy atom. The van der Waals surface area contributed by atoms with Crippen LogP contribution in [0.1, 0.15) is 51.5 Å². The van der Waals surface area contributed by atoms with Gasteiger partial charge in [-0.25, -0.2) is 0 Å². The Hall–Kier alpha value is -0.960. The highest BCUT2D eigenvalue weighted by Gasteiger charge is 2.13. The lowest BCUT2D eigenvalue weighted by molar-refractivity contribution is 0.402. The molecule has 90 valence electrons. The molecule has 0 aliphatic heterocycles. The first-order chi connectivity index (χ1) is 7.50. The summed E-state index contributed by atoms with van der Waals surface area (Å²) in [6.07, 6.45) is 4.68. The first-order valence-electron chi connectivity index (χ1n) is 6.04. The minimum atomic E-state index is 0.266. The molecule has 0 fully saturated rings. The zero-order valence-corrected chi connectivity index (χ0v) is 11.0. The summed E-state index contributed by atoms with van der Waals surface area (Å²) in [6, 6.07) is 0.777. The Morgan fingerprint density at radius 1 is 1.12 bits per heavy atom. The topological polar surface area (TPSA) is 37.8 Å². The van der Waals surface area contributed by atoms with Crippen LogP contribution in [0.3, 0.4) is 0 Å². The average molecular weight is 221 g/mol. The molecule has 16 heavy (non-hydrogen) atoms. The number of nitrogens with one attached hydrogen (secondary N) is 1. The Labute approximate surface area is 98.7 Å². The molecule has 0 saturated heterocycles. The molecule has 3 heteroatoms. The molecule has 1 heterocycles. The van der Waals surface area contributed by atoms with Crippen molar-refractivity contribution in [3.63, 3.8) is 0 Å². The van der Waals surface area contributed by atoms with Gasteiger partial charge >= 0.3 is 0 Å². The van der Waals surface area contributed by atoms with E-state index in [1.165, 1.54) is 6.42 Å². The number of rotatable bonds is 5. The van der Waals surface area contributed by atoms with Crippen molar-refractivity contribution in [2.75, 3.05) is 0 Å². The average Bonchev–Trinajstić information content (AvgIpc) is 2.16. The first-order valence-corrected chi connectivity index (χ1v) is 6.04. The summed E-state index contributed by atoms with van der Waals surface area (Å²) in [7, 11) is 0. The molecule has 0 bridgehead atoms. The maximum atomic E-state index is 4.39. The molecule has 0 aliphatic carbocycles. The third-order valence-corrected chi connectivity index (χ3v) is 2.69. The molecular weight excluding hydrogens is 198 g/mol. The van der Waals surface area contributed by atoms with Crippen molar-refractivity contribution < 1.29 is 0 Å². The van der Waals surface area contributed by atoms with Gasteiger partial charge in [0.25, 0.3) is 0 Å².